The van der Waals surface area contributed by atoms with Gasteiger partial charge in [0, 0.05) is 6.42 Å². The van der Waals surface area contributed by atoms with Crippen molar-refractivity contribution in [3.8, 4) is 0 Å². The Kier molecular flexibility index (Phi) is 23.1. The molecule has 7 fully saturated rings. The third kappa shape index (κ3) is 13.9. The standard InChI is InChI=1S/C43H71NO33S/c45-5-11-19(51)24(56)29(61)39(68-11)75-34-32(64)38(66-2-1-3-78-17-4-18(50)44-37(17)65)73-16(10-67-42-35(27(59)22(54)14(8-48)71-42)76-40-30(62)25(57)20(52)12(6-46)69-40)33(34)74-43-36(28(60)23(55)15(9-49)72-43)77-41-31(63)26(58)21(53)13(7-47)70-41/h11-17,19-36,38-43,45-49,51-64H,1-10H2,(H,44,50,65)/t11?,12?,13?,14?,15?,16?,17?,19-,20-,21-,22-,23-,24+,25+,26+,27+,28+,29?,30?,31?,32?,33-,34-,35?,36?,38+,39+,40-,41-,42-,43+/m1/s1. The molecule has 0 radical (unpaired) electrons. The van der Waals surface area contributed by atoms with Gasteiger partial charge in [-0.2, -0.15) is 0 Å². The van der Waals surface area contributed by atoms with Crippen molar-refractivity contribution in [1.29, 1.82) is 0 Å². The summed E-state index contributed by atoms with van der Waals surface area (Å²) in [5, 5.41) is 205. The smallest absolute Gasteiger partial charge is 0.240 e. The fourth-order valence-corrected chi connectivity index (χ4v) is 10.7. The van der Waals surface area contributed by atoms with Gasteiger partial charge in [-0.05, 0) is 12.2 Å². The van der Waals surface area contributed by atoms with Crippen molar-refractivity contribution in [2.24, 2.45) is 0 Å². The summed E-state index contributed by atoms with van der Waals surface area (Å²) in [5.74, 6) is -0.792. The van der Waals surface area contributed by atoms with Crippen LogP contribution in [0.4, 0.5) is 0 Å². The van der Waals surface area contributed by atoms with Gasteiger partial charge in [0.15, 0.2) is 37.7 Å². The largest absolute Gasteiger partial charge is 0.394 e. The van der Waals surface area contributed by atoms with Gasteiger partial charge in [-0.1, -0.05) is 0 Å². The second-order valence-corrected chi connectivity index (χ2v) is 20.8. The van der Waals surface area contributed by atoms with Gasteiger partial charge in [-0.3, -0.25) is 14.9 Å². The molecule has 13 unspecified atom stereocenters. The van der Waals surface area contributed by atoms with E-state index in [0.717, 1.165) is 11.8 Å². The highest BCUT2D eigenvalue weighted by Crippen LogP contribution is 2.38. The van der Waals surface area contributed by atoms with E-state index in [1.165, 1.54) is 0 Å². The van der Waals surface area contributed by atoms with Crippen molar-refractivity contribution >= 4 is 23.6 Å². The minimum absolute atomic E-state index is 0.0861. The zero-order valence-corrected chi connectivity index (χ0v) is 41.9. The Bertz CT molecular complexity index is 1890. The van der Waals surface area contributed by atoms with Gasteiger partial charge in [0.1, 0.15) is 146 Å². The highest BCUT2D eigenvalue weighted by molar-refractivity contribution is 8.00. The maximum Gasteiger partial charge on any atom is 0.240 e. The zero-order chi connectivity index (χ0) is 57.0. The first kappa shape index (κ1) is 63.8. The number of aliphatic hydroxyl groups is 19. The lowest BCUT2D eigenvalue weighted by molar-refractivity contribution is -0.405. The molecule has 31 atom stereocenters. The van der Waals surface area contributed by atoms with E-state index in [9.17, 15) is 107 Å². The summed E-state index contributed by atoms with van der Waals surface area (Å²) in [5.41, 5.74) is 0. The Labute approximate surface area is 445 Å². The lowest BCUT2D eigenvalue weighted by atomic mass is 9.95. The molecule has 20 N–H and O–H groups in total. The fraction of sp³-hybridized carbons (Fsp3) is 0.953. The molecule has 7 aliphatic heterocycles. The van der Waals surface area contributed by atoms with Gasteiger partial charge in [0.05, 0.1) is 51.5 Å². The van der Waals surface area contributed by atoms with Crippen LogP contribution in [0.15, 0.2) is 0 Å². The summed E-state index contributed by atoms with van der Waals surface area (Å²) in [6.07, 6.45) is -59.5. The lowest BCUT2D eigenvalue weighted by Gasteiger charge is -2.50. The monoisotopic (exact) mass is 1160 g/mol. The maximum absolute atomic E-state index is 12.2. The molecule has 34 nitrogen and oxygen atoms in total. The predicted molar refractivity (Wildman–Crippen MR) is 242 cm³/mol. The minimum atomic E-state index is -2.20. The average molecular weight is 1160 g/mol. The van der Waals surface area contributed by atoms with Crippen LogP contribution >= 0.6 is 11.8 Å². The zero-order valence-electron chi connectivity index (χ0n) is 41.1. The number of thioether (sulfide) groups is 1. The Morgan fingerprint density at radius 1 is 0.397 bits per heavy atom. The summed E-state index contributed by atoms with van der Waals surface area (Å²) in [7, 11) is 0. The van der Waals surface area contributed by atoms with Crippen LogP contribution in [0.1, 0.15) is 12.8 Å². The first-order valence-electron chi connectivity index (χ1n) is 24.9. The molecule has 0 aromatic carbocycles. The van der Waals surface area contributed by atoms with E-state index in [1.807, 2.05) is 0 Å². The topological polar surface area (TPSA) is 541 Å². The van der Waals surface area contributed by atoms with Gasteiger partial charge >= 0.3 is 0 Å². The number of ether oxygens (including phenoxy) is 12. The number of hydrogen-bond donors (Lipinski definition) is 20. The highest BCUT2D eigenvalue weighted by Gasteiger charge is 2.58. The predicted octanol–water partition coefficient (Wildman–Crippen LogP) is -13.5. The molecular weight excluding hydrogens is 1090 g/mol. The quantitative estimate of drug-likeness (QED) is 0.0353. The van der Waals surface area contributed by atoms with E-state index < -0.39 is 241 Å². The molecular formula is C43H71NO33S. The van der Waals surface area contributed by atoms with Crippen LogP contribution < -0.4 is 5.32 Å². The normalized spacial score (nSPS) is 49.4. The average Bonchev–Trinajstić information content (AvgIpc) is 3.78. The van der Waals surface area contributed by atoms with E-state index in [2.05, 4.69) is 5.32 Å². The second-order valence-electron chi connectivity index (χ2n) is 19.5. The Morgan fingerprint density at radius 3 is 1.19 bits per heavy atom. The van der Waals surface area contributed by atoms with Crippen molar-refractivity contribution in [2.75, 3.05) is 52.0 Å². The number of carbonyl (C=O) groups is 2. The molecule has 0 aromatic heterocycles. The van der Waals surface area contributed by atoms with Gasteiger partial charge < -0.3 is 154 Å². The molecule has 78 heavy (non-hydrogen) atoms. The summed E-state index contributed by atoms with van der Waals surface area (Å²) in [6.45, 7) is -6.16. The molecule has 0 spiro atoms. The van der Waals surface area contributed by atoms with Gasteiger partial charge in [-0.15, -0.1) is 11.8 Å². The van der Waals surface area contributed by atoms with Crippen LogP contribution in [0, 0.1) is 0 Å². The van der Waals surface area contributed by atoms with Crippen LogP contribution in [0.3, 0.4) is 0 Å². The molecule has 0 aromatic rings. The molecule has 7 aliphatic rings. The van der Waals surface area contributed by atoms with Crippen molar-refractivity contribution in [2.45, 2.75) is 202 Å². The van der Waals surface area contributed by atoms with Crippen molar-refractivity contribution in [3.63, 3.8) is 0 Å². The highest BCUT2D eigenvalue weighted by atomic mass is 32.2. The number of carbonyl (C=O) groups excluding carboxylic acids is 2. The molecule has 2 amide bonds. The summed E-state index contributed by atoms with van der Waals surface area (Å²) in [6, 6.07) is 0. The second kappa shape index (κ2) is 28.2. The molecule has 7 rings (SSSR count). The van der Waals surface area contributed by atoms with E-state index in [4.69, 9.17) is 56.8 Å². The number of amides is 2. The SMILES string of the molecule is O=C1CC(SCCCO[C@H]2OC(CO[C@@H]3OC(CO)[C@@H](O)[C@H](O)C3O[C@H]3OC(CO)[C@@H](O)[C@H](O)C3O)[C@@H](O[C@@H]3OC(CO)[C@@H](O)[C@H](O)C3O[C@H]3OC(CO)[C@@H](O)[C@H](O)C3O)[C@H](O[C@@H]3OC(CO)[C@@H](O)[C@H](O)C3O)C2O)C(=O)N1. The molecule has 7 saturated heterocycles. The van der Waals surface area contributed by atoms with Gasteiger partial charge in [0.25, 0.3) is 0 Å². The van der Waals surface area contributed by atoms with Crippen LogP contribution in [-0.2, 0) is 66.4 Å². The number of imide groups is 1. The lowest BCUT2D eigenvalue weighted by Crippen LogP contribution is -2.68. The Hall–Kier alpha value is -1.75. The third-order valence-corrected chi connectivity index (χ3v) is 15.5. The van der Waals surface area contributed by atoms with Gasteiger partial charge in [-0.25, -0.2) is 0 Å². The third-order valence-electron chi connectivity index (χ3n) is 14.2. The first-order chi connectivity index (χ1) is 37.1. The van der Waals surface area contributed by atoms with Crippen LogP contribution in [0.2, 0.25) is 0 Å². The van der Waals surface area contributed by atoms with Crippen molar-refractivity contribution < 1.29 is 163 Å². The summed E-state index contributed by atoms with van der Waals surface area (Å²) >= 11 is 1.11. The van der Waals surface area contributed by atoms with E-state index in [0.29, 0.717) is 0 Å². The van der Waals surface area contributed by atoms with Crippen molar-refractivity contribution in [1.82, 2.24) is 5.32 Å². The van der Waals surface area contributed by atoms with E-state index in [1.54, 1.807) is 0 Å². The van der Waals surface area contributed by atoms with Crippen molar-refractivity contribution in [3.05, 3.63) is 0 Å². The van der Waals surface area contributed by atoms with E-state index in [-0.39, 0.29) is 25.2 Å². The Balaban J connectivity index is 1.25. The molecule has 0 saturated carbocycles. The molecule has 0 aliphatic carbocycles. The van der Waals surface area contributed by atoms with Crippen LogP contribution in [0.5, 0.6) is 0 Å². The maximum atomic E-state index is 12.2. The minimum Gasteiger partial charge on any atom is -0.394 e. The van der Waals surface area contributed by atoms with Crippen LogP contribution in [-0.4, -0.2) is 350 Å². The Morgan fingerprint density at radius 2 is 0.769 bits per heavy atom. The number of hydrogen-bond acceptors (Lipinski definition) is 34. The van der Waals surface area contributed by atoms with Crippen LogP contribution in [0.25, 0.3) is 0 Å². The molecule has 0 bridgehead atoms. The number of nitrogens with one attached hydrogen (secondary N) is 1. The fourth-order valence-electron chi connectivity index (χ4n) is 9.63. The molecule has 452 valence electrons. The number of aliphatic hydroxyl groups excluding tert-OH is 19. The molecule has 35 heteroatoms. The first-order valence-corrected chi connectivity index (χ1v) is 25.9. The molecule has 7 heterocycles. The summed E-state index contributed by atoms with van der Waals surface area (Å²) < 4.78 is 70.5. The number of rotatable bonds is 22. The van der Waals surface area contributed by atoms with Gasteiger partial charge in [0.2, 0.25) is 11.8 Å². The van der Waals surface area contributed by atoms with E-state index >= 15 is 0 Å². The summed E-state index contributed by atoms with van der Waals surface area (Å²) in [4.78, 5) is 23.9.